The first-order valence-corrected chi connectivity index (χ1v) is 9.03. The second-order valence-electron chi connectivity index (χ2n) is 7.23. The van der Waals surface area contributed by atoms with E-state index in [1.54, 1.807) is 4.90 Å². The van der Waals surface area contributed by atoms with Crippen LogP contribution in [0.1, 0.15) is 23.2 Å². The predicted octanol–water partition coefficient (Wildman–Crippen LogP) is 1.13. The Balaban J connectivity index is 1.70. The second-order valence-corrected chi connectivity index (χ2v) is 7.23. The van der Waals surface area contributed by atoms with Crippen LogP contribution in [0.25, 0.3) is 0 Å². The van der Waals surface area contributed by atoms with E-state index < -0.39 is 0 Å². The average molecular weight is 344 g/mol. The topological polar surface area (TPSA) is 47.1 Å². The first-order chi connectivity index (χ1) is 12.0. The van der Waals surface area contributed by atoms with E-state index >= 15 is 0 Å². The van der Waals surface area contributed by atoms with Gasteiger partial charge in [-0.25, -0.2) is 0 Å². The number of hydrogen-bond acceptors (Lipinski definition) is 4. The van der Waals surface area contributed by atoms with E-state index in [0.29, 0.717) is 12.1 Å². The van der Waals surface area contributed by atoms with Gasteiger partial charge in [-0.05, 0) is 44.2 Å². The minimum absolute atomic E-state index is 0.0321. The molecule has 0 N–H and O–H groups in total. The lowest BCUT2D eigenvalue weighted by Crippen LogP contribution is -2.53. The summed E-state index contributed by atoms with van der Waals surface area (Å²) in [5.41, 5.74) is 1.71. The maximum atomic E-state index is 12.9. The highest BCUT2D eigenvalue weighted by Gasteiger charge is 2.37. The molecule has 1 atom stereocenters. The van der Waals surface area contributed by atoms with Crippen LogP contribution in [0, 0.1) is 0 Å². The molecule has 6 nitrogen and oxygen atoms in total. The fourth-order valence-electron chi connectivity index (χ4n) is 3.57. The molecule has 3 rings (SSSR count). The van der Waals surface area contributed by atoms with Gasteiger partial charge in [0, 0.05) is 58.1 Å². The molecule has 0 aromatic heterocycles. The Bertz CT molecular complexity index is 621. The summed E-state index contributed by atoms with van der Waals surface area (Å²) in [5, 5.41) is 0. The molecule has 0 aliphatic carbocycles. The molecule has 2 aliphatic heterocycles. The first kappa shape index (κ1) is 17.7. The number of likely N-dealkylation sites (N-methyl/N-ethyl adjacent to an activating group) is 1. The minimum Gasteiger partial charge on any atom is -0.378 e. The monoisotopic (exact) mass is 344 g/mol. The van der Waals surface area contributed by atoms with Crippen LogP contribution in [-0.4, -0.2) is 86.4 Å². The fourth-order valence-corrected chi connectivity index (χ4v) is 3.57. The Morgan fingerprint density at radius 2 is 1.64 bits per heavy atom. The van der Waals surface area contributed by atoms with Crippen LogP contribution in [0.5, 0.6) is 0 Å². The molecule has 0 radical (unpaired) electrons. The van der Waals surface area contributed by atoms with E-state index in [1.165, 1.54) is 0 Å². The van der Waals surface area contributed by atoms with Crippen molar-refractivity contribution in [1.82, 2.24) is 14.7 Å². The molecule has 1 aromatic rings. The highest BCUT2D eigenvalue weighted by atomic mass is 16.2. The lowest BCUT2D eigenvalue weighted by molar-refractivity contribution is -0.136. The molecule has 6 heteroatoms. The molecule has 2 saturated heterocycles. The van der Waals surface area contributed by atoms with Crippen LogP contribution >= 0.6 is 0 Å². The number of hydrogen-bond donors (Lipinski definition) is 0. The largest absolute Gasteiger partial charge is 0.378 e. The van der Waals surface area contributed by atoms with Crippen molar-refractivity contribution in [2.24, 2.45) is 0 Å². The number of nitrogens with zero attached hydrogens (tertiary/aromatic N) is 4. The second kappa shape index (κ2) is 7.44. The lowest BCUT2D eigenvalue weighted by atomic mass is 10.1. The van der Waals surface area contributed by atoms with Gasteiger partial charge in [-0.3, -0.25) is 9.59 Å². The third-order valence-corrected chi connectivity index (χ3v) is 5.24. The van der Waals surface area contributed by atoms with E-state index in [9.17, 15) is 9.59 Å². The Morgan fingerprint density at radius 1 is 1.00 bits per heavy atom. The molecule has 0 unspecified atom stereocenters. The summed E-state index contributed by atoms with van der Waals surface area (Å²) in [7, 11) is 6.02. The van der Waals surface area contributed by atoms with E-state index in [-0.39, 0.29) is 17.9 Å². The molecule has 2 fully saturated rings. The van der Waals surface area contributed by atoms with Gasteiger partial charge in [0.1, 0.15) is 6.04 Å². The summed E-state index contributed by atoms with van der Waals surface area (Å²) >= 11 is 0. The molecular weight excluding hydrogens is 316 g/mol. The van der Waals surface area contributed by atoms with Crippen molar-refractivity contribution in [1.29, 1.82) is 0 Å². The molecule has 2 heterocycles. The number of likely N-dealkylation sites (tertiary alicyclic amines) is 1. The van der Waals surface area contributed by atoms with E-state index in [4.69, 9.17) is 0 Å². The number of piperazine rings is 1. The zero-order chi connectivity index (χ0) is 18.0. The maximum absolute atomic E-state index is 12.9. The highest BCUT2D eigenvalue weighted by Crippen LogP contribution is 2.23. The molecule has 0 bridgehead atoms. The van der Waals surface area contributed by atoms with Crippen molar-refractivity contribution in [3.8, 4) is 0 Å². The van der Waals surface area contributed by atoms with Gasteiger partial charge in [-0.15, -0.1) is 0 Å². The van der Waals surface area contributed by atoms with E-state index in [2.05, 4.69) is 11.9 Å². The number of carbonyl (C=O) groups is 2. The summed E-state index contributed by atoms with van der Waals surface area (Å²) in [4.78, 5) is 33.7. The Morgan fingerprint density at radius 3 is 2.24 bits per heavy atom. The Labute approximate surface area is 150 Å². The van der Waals surface area contributed by atoms with Gasteiger partial charge in [0.2, 0.25) is 5.91 Å². The summed E-state index contributed by atoms with van der Waals surface area (Å²) in [6.45, 7) is 3.98. The SMILES string of the molecule is CN1CCN(C(=O)[C@@H]2CCCN2C(=O)c2ccc(N(C)C)cc2)CC1. The quantitative estimate of drug-likeness (QED) is 0.825. The zero-order valence-electron chi connectivity index (χ0n) is 15.4. The number of benzene rings is 1. The van der Waals surface area contributed by atoms with Gasteiger partial charge in [0.15, 0.2) is 0 Å². The van der Waals surface area contributed by atoms with Crippen LogP contribution in [0.15, 0.2) is 24.3 Å². The molecular formula is C19H28N4O2. The van der Waals surface area contributed by atoms with E-state index in [1.807, 2.05) is 48.2 Å². The standard InChI is InChI=1S/C19H28N4O2/c1-20(2)16-8-6-15(7-9-16)18(24)23-10-4-5-17(23)19(25)22-13-11-21(3)12-14-22/h6-9,17H,4-5,10-14H2,1-3H3/t17-/m0/s1. The van der Waals surface area contributed by atoms with Crippen molar-refractivity contribution in [3.05, 3.63) is 29.8 Å². The number of rotatable bonds is 3. The highest BCUT2D eigenvalue weighted by molar-refractivity contribution is 5.98. The molecule has 0 saturated carbocycles. The lowest BCUT2D eigenvalue weighted by Gasteiger charge is -2.35. The van der Waals surface area contributed by atoms with Crippen molar-refractivity contribution < 1.29 is 9.59 Å². The van der Waals surface area contributed by atoms with Crippen molar-refractivity contribution in [2.75, 3.05) is 58.8 Å². The average Bonchev–Trinajstić information content (AvgIpc) is 3.11. The van der Waals surface area contributed by atoms with Gasteiger partial charge in [-0.2, -0.15) is 0 Å². The Hall–Kier alpha value is -2.08. The summed E-state index contributed by atoms with van der Waals surface area (Å²) in [5.74, 6) is 0.0825. The Kier molecular flexibility index (Phi) is 5.27. The van der Waals surface area contributed by atoms with Crippen molar-refractivity contribution in [2.45, 2.75) is 18.9 Å². The normalized spacial score (nSPS) is 21.5. The van der Waals surface area contributed by atoms with Gasteiger partial charge in [0.25, 0.3) is 5.91 Å². The fraction of sp³-hybridized carbons (Fsp3) is 0.579. The summed E-state index contributed by atoms with van der Waals surface area (Å²) in [6, 6.07) is 7.30. The smallest absolute Gasteiger partial charge is 0.254 e. The third-order valence-electron chi connectivity index (χ3n) is 5.24. The predicted molar refractivity (Wildman–Crippen MR) is 98.9 cm³/mol. The molecule has 25 heavy (non-hydrogen) atoms. The number of anilines is 1. The van der Waals surface area contributed by atoms with Crippen molar-refractivity contribution in [3.63, 3.8) is 0 Å². The van der Waals surface area contributed by atoms with E-state index in [0.717, 1.165) is 44.7 Å². The van der Waals surface area contributed by atoms with Gasteiger partial charge >= 0.3 is 0 Å². The molecule has 136 valence electrons. The molecule has 2 aliphatic rings. The first-order valence-electron chi connectivity index (χ1n) is 9.03. The van der Waals surface area contributed by atoms with Crippen molar-refractivity contribution >= 4 is 17.5 Å². The minimum atomic E-state index is -0.301. The third kappa shape index (κ3) is 3.79. The zero-order valence-corrected chi connectivity index (χ0v) is 15.4. The van der Waals surface area contributed by atoms with Crippen LogP contribution in [-0.2, 0) is 4.79 Å². The van der Waals surface area contributed by atoms with Crippen LogP contribution in [0.2, 0.25) is 0 Å². The molecule has 0 spiro atoms. The summed E-state index contributed by atoms with van der Waals surface area (Å²) in [6.07, 6.45) is 1.67. The van der Waals surface area contributed by atoms with Crippen LogP contribution in [0.3, 0.4) is 0 Å². The molecule has 2 amide bonds. The summed E-state index contributed by atoms with van der Waals surface area (Å²) < 4.78 is 0. The van der Waals surface area contributed by atoms with Crippen LogP contribution < -0.4 is 4.90 Å². The van der Waals surface area contributed by atoms with Gasteiger partial charge in [-0.1, -0.05) is 0 Å². The number of amides is 2. The van der Waals surface area contributed by atoms with Gasteiger partial charge < -0.3 is 19.6 Å². The van der Waals surface area contributed by atoms with Gasteiger partial charge in [0.05, 0.1) is 0 Å². The molecule has 1 aromatic carbocycles. The van der Waals surface area contributed by atoms with Crippen LogP contribution in [0.4, 0.5) is 5.69 Å². The maximum Gasteiger partial charge on any atom is 0.254 e. The number of carbonyl (C=O) groups excluding carboxylic acids is 2.